The lowest BCUT2D eigenvalue weighted by atomic mass is 9.94. The van der Waals surface area contributed by atoms with E-state index in [1.807, 2.05) is 12.5 Å². The first-order chi connectivity index (χ1) is 7.58. The molecule has 2 rings (SSSR count). The fraction of sp³-hybridized carbons (Fsp3) is 0.769. The summed E-state index contributed by atoms with van der Waals surface area (Å²) in [4.78, 5) is 4.31. The maximum absolute atomic E-state index is 5.99. The zero-order valence-electron chi connectivity index (χ0n) is 10.6. The van der Waals surface area contributed by atoms with Crippen LogP contribution < -0.4 is 5.73 Å². The number of hydrogen-bond acceptors (Lipinski definition) is 2. The summed E-state index contributed by atoms with van der Waals surface area (Å²) in [6, 6.07) is 0. The number of nitrogens with two attached hydrogens (primary N) is 1. The summed E-state index contributed by atoms with van der Waals surface area (Å²) in [7, 11) is 0. The molecule has 1 saturated carbocycles. The van der Waals surface area contributed by atoms with Gasteiger partial charge in [-0.05, 0) is 38.0 Å². The van der Waals surface area contributed by atoms with Gasteiger partial charge in [0.25, 0.3) is 0 Å². The molecule has 1 fully saturated rings. The molecule has 0 spiro atoms. The lowest BCUT2D eigenvalue weighted by Gasteiger charge is -2.32. The van der Waals surface area contributed by atoms with E-state index in [0.29, 0.717) is 12.5 Å². The van der Waals surface area contributed by atoms with Crippen LogP contribution in [0, 0.1) is 11.8 Å². The van der Waals surface area contributed by atoms with Gasteiger partial charge in [0.05, 0.1) is 11.9 Å². The highest BCUT2D eigenvalue weighted by Crippen LogP contribution is 2.44. The minimum atomic E-state index is 0.0841. The first kappa shape index (κ1) is 11.6. The number of aromatic nitrogens is 2. The molecule has 2 N–H and O–H groups in total. The van der Waals surface area contributed by atoms with Crippen LogP contribution in [0.5, 0.6) is 0 Å². The molecule has 3 nitrogen and oxygen atoms in total. The molecule has 0 aromatic carbocycles. The minimum Gasteiger partial charge on any atom is -0.328 e. The molecule has 16 heavy (non-hydrogen) atoms. The Morgan fingerprint density at radius 2 is 2.25 bits per heavy atom. The van der Waals surface area contributed by atoms with Gasteiger partial charge >= 0.3 is 0 Å². The third-order valence-corrected chi connectivity index (χ3v) is 3.75. The summed E-state index contributed by atoms with van der Waals surface area (Å²) in [5.41, 5.74) is 7.40. The summed E-state index contributed by atoms with van der Waals surface area (Å²) >= 11 is 0. The van der Waals surface area contributed by atoms with E-state index in [4.69, 9.17) is 5.73 Å². The van der Waals surface area contributed by atoms with Gasteiger partial charge in [-0.2, -0.15) is 0 Å². The van der Waals surface area contributed by atoms with Crippen LogP contribution in [0.3, 0.4) is 0 Å². The number of hydrogen-bond donors (Lipinski definition) is 1. The van der Waals surface area contributed by atoms with Crippen LogP contribution in [-0.4, -0.2) is 16.1 Å². The Balaban J connectivity index is 2.27. The zero-order valence-corrected chi connectivity index (χ0v) is 10.6. The first-order valence-corrected chi connectivity index (χ1v) is 6.29. The predicted octanol–water partition coefficient (Wildman–Crippen LogP) is 2.17. The van der Waals surface area contributed by atoms with Crippen molar-refractivity contribution >= 4 is 0 Å². The van der Waals surface area contributed by atoms with Crippen molar-refractivity contribution in [3.63, 3.8) is 0 Å². The standard InChI is InChI=1S/C13H23N3/c1-10(2)6-12-7-15-9-16(12)13(3,8-14)11-4-5-11/h7,9-11H,4-6,8,14H2,1-3H3. The van der Waals surface area contributed by atoms with Crippen LogP contribution in [-0.2, 0) is 12.0 Å². The molecule has 1 aliphatic rings. The normalized spacial score (nSPS) is 20.1. The third kappa shape index (κ3) is 2.01. The van der Waals surface area contributed by atoms with E-state index in [1.165, 1.54) is 18.5 Å². The Bertz CT molecular complexity index is 352. The van der Waals surface area contributed by atoms with E-state index in [-0.39, 0.29) is 5.54 Å². The third-order valence-electron chi connectivity index (χ3n) is 3.75. The Kier molecular flexibility index (Phi) is 3.06. The SMILES string of the molecule is CC(C)Cc1cncn1C(C)(CN)C1CC1. The van der Waals surface area contributed by atoms with Crippen molar-refractivity contribution in [3.05, 3.63) is 18.2 Å². The van der Waals surface area contributed by atoms with Crippen LogP contribution >= 0.6 is 0 Å². The topological polar surface area (TPSA) is 43.8 Å². The average Bonchev–Trinajstić information content (AvgIpc) is 2.99. The molecular weight excluding hydrogens is 198 g/mol. The van der Waals surface area contributed by atoms with Crippen molar-refractivity contribution in [2.75, 3.05) is 6.54 Å². The molecule has 1 aromatic rings. The van der Waals surface area contributed by atoms with Gasteiger partial charge in [-0.1, -0.05) is 13.8 Å². The smallest absolute Gasteiger partial charge is 0.0953 e. The first-order valence-electron chi connectivity index (χ1n) is 6.29. The van der Waals surface area contributed by atoms with E-state index >= 15 is 0 Å². The van der Waals surface area contributed by atoms with E-state index < -0.39 is 0 Å². The molecule has 0 radical (unpaired) electrons. The van der Waals surface area contributed by atoms with E-state index in [9.17, 15) is 0 Å². The van der Waals surface area contributed by atoms with Gasteiger partial charge in [-0.15, -0.1) is 0 Å². The van der Waals surface area contributed by atoms with E-state index in [2.05, 4.69) is 30.3 Å². The fourth-order valence-electron chi connectivity index (χ4n) is 2.52. The molecule has 3 heteroatoms. The summed E-state index contributed by atoms with van der Waals surface area (Å²) in [5.74, 6) is 1.41. The lowest BCUT2D eigenvalue weighted by molar-refractivity contribution is 0.271. The second-order valence-electron chi connectivity index (χ2n) is 5.69. The molecule has 1 atom stereocenters. The highest BCUT2D eigenvalue weighted by atomic mass is 15.1. The van der Waals surface area contributed by atoms with Crippen LogP contribution in [0.1, 0.15) is 39.3 Å². The molecule has 0 bridgehead atoms. The Morgan fingerprint density at radius 3 is 2.75 bits per heavy atom. The Labute approximate surface area is 98.1 Å². The minimum absolute atomic E-state index is 0.0841. The fourth-order valence-corrected chi connectivity index (χ4v) is 2.52. The molecule has 0 saturated heterocycles. The average molecular weight is 221 g/mol. The molecule has 1 aromatic heterocycles. The maximum atomic E-state index is 5.99. The molecule has 0 aliphatic heterocycles. The second kappa shape index (κ2) is 4.21. The van der Waals surface area contributed by atoms with E-state index in [0.717, 1.165) is 12.3 Å². The molecule has 1 aliphatic carbocycles. The van der Waals surface area contributed by atoms with E-state index in [1.54, 1.807) is 0 Å². The van der Waals surface area contributed by atoms with Crippen LogP contribution in [0.25, 0.3) is 0 Å². The molecular formula is C13H23N3. The quantitative estimate of drug-likeness (QED) is 0.828. The summed E-state index contributed by atoms with van der Waals surface area (Å²) < 4.78 is 2.32. The van der Waals surface area contributed by atoms with Gasteiger partial charge in [0.15, 0.2) is 0 Å². The molecule has 0 amide bonds. The molecule has 90 valence electrons. The zero-order chi connectivity index (χ0) is 11.8. The summed E-state index contributed by atoms with van der Waals surface area (Å²) in [5, 5.41) is 0. The maximum Gasteiger partial charge on any atom is 0.0953 e. The van der Waals surface area contributed by atoms with Crippen molar-refractivity contribution < 1.29 is 0 Å². The number of imidazole rings is 1. The van der Waals surface area contributed by atoms with Crippen LogP contribution in [0.15, 0.2) is 12.5 Å². The highest BCUT2D eigenvalue weighted by Gasteiger charge is 2.42. The van der Waals surface area contributed by atoms with Gasteiger partial charge in [-0.3, -0.25) is 0 Å². The predicted molar refractivity (Wildman–Crippen MR) is 66.2 cm³/mol. The second-order valence-corrected chi connectivity index (χ2v) is 5.69. The van der Waals surface area contributed by atoms with Crippen LogP contribution in [0.4, 0.5) is 0 Å². The van der Waals surface area contributed by atoms with Gasteiger partial charge in [0.1, 0.15) is 0 Å². The van der Waals surface area contributed by atoms with Crippen molar-refractivity contribution in [1.29, 1.82) is 0 Å². The summed E-state index contributed by atoms with van der Waals surface area (Å²) in [6.45, 7) is 7.47. The Hall–Kier alpha value is -0.830. The monoisotopic (exact) mass is 221 g/mol. The van der Waals surface area contributed by atoms with Crippen molar-refractivity contribution in [2.45, 2.75) is 45.6 Å². The van der Waals surface area contributed by atoms with Gasteiger partial charge in [0.2, 0.25) is 0 Å². The van der Waals surface area contributed by atoms with Crippen LogP contribution in [0.2, 0.25) is 0 Å². The van der Waals surface area contributed by atoms with Crippen molar-refractivity contribution in [1.82, 2.24) is 9.55 Å². The molecule has 1 heterocycles. The van der Waals surface area contributed by atoms with Gasteiger partial charge < -0.3 is 10.3 Å². The largest absolute Gasteiger partial charge is 0.328 e. The number of rotatable bonds is 5. The molecule has 1 unspecified atom stereocenters. The highest BCUT2D eigenvalue weighted by molar-refractivity contribution is 5.08. The van der Waals surface area contributed by atoms with Gasteiger partial charge in [0, 0.05) is 18.4 Å². The Morgan fingerprint density at radius 1 is 1.56 bits per heavy atom. The number of nitrogens with zero attached hydrogens (tertiary/aromatic N) is 2. The summed E-state index contributed by atoms with van der Waals surface area (Å²) in [6.07, 6.45) is 7.67. The van der Waals surface area contributed by atoms with Gasteiger partial charge in [-0.25, -0.2) is 4.98 Å². The van der Waals surface area contributed by atoms with Crippen molar-refractivity contribution in [2.24, 2.45) is 17.6 Å². The van der Waals surface area contributed by atoms with Crippen molar-refractivity contribution in [3.8, 4) is 0 Å². The lowest BCUT2D eigenvalue weighted by Crippen LogP contribution is -2.41.